The minimum atomic E-state index is 0.401. The fourth-order valence-corrected chi connectivity index (χ4v) is 2.24. The van der Waals surface area contributed by atoms with E-state index in [4.69, 9.17) is 4.74 Å². The van der Waals surface area contributed by atoms with Gasteiger partial charge in [0.15, 0.2) is 0 Å². The van der Waals surface area contributed by atoms with E-state index in [0.29, 0.717) is 5.92 Å². The molecule has 3 rings (SSSR count). The summed E-state index contributed by atoms with van der Waals surface area (Å²) in [5.74, 6) is 1.25. The lowest BCUT2D eigenvalue weighted by molar-refractivity contribution is 0.193. The zero-order valence-electron chi connectivity index (χ0n) is 11.2. The molecule has 0 amide bonds. The van der Waals surface area contributed by atoms with E-state index >= 15 is 0 Å². The van der Waals surface area contributed by atoms with Gasteiger partial charge in [0.1, 0.15) is 12.1 Å². The largest absolute Gasteiger partial charge is 0.381 e. The number of nitrogens with zero attached hydrogens (tertiary/aromatic N) is 4. The molecule has 2 aromatic rings. The van der Waals surface area contributed by atoms with Crippen molar-refractivity contribution in [1.82, 2.24) is 19.9 Å². The molecule has 0 bridgehead atoms. The number of anilines is 1. The minimum Gasteiger partial charge on any atom is -0.381 e. The van der Waals surface area contributed by atoms with Gasteiger partial charge in [0, 0.05) is 50.1 Å². The lowest BCUT2D eigenvalue weighted by Gasteiger charge is -2.09. The molecule has 3 heterocycles. The quantitative estimate of drug-likeness (QED) is 0.886. The predicted octanol–water partition coefficient (Wildman–Crippen LogP) is 1.43. The lowest BCUT2D eigenvalue weighted by atomic mass is 10.1. The van der Waals surface area contributed by atoms with Gasteiger partial charge in [-0.25, -0.2) is 9.97 Å². The van der Waals surface area contributed by atoms with E-state index in [2.05, 4.69) is 25.3 Å². The Hall–Kier alpha value is -2.08. The highest BCUT2D eigenvalue weighted by Crippen LogP contribution is 2.24. The van der Waals surface area contributed by atoms with Crippen LogP contribution in [-0.2, 0) is 11.2 Å². The van der Waals surface area contributed by atoms with Crippen molar-refractivity contribution in [2.75, 3.05) is 25.1 Å². The lowest BCUT2D eigenvalue weighted by Crippen LogP contribution is -2.09. The maximum absolute atomic E-state index is 5.39. The summed E-state index contributed by atoms with van der Waals surface area (Å²) in [7, 11) is 0. The minimum absolute atomic E-state index is 0.401. The molecule has 6 heteroatoms. The fourth-order valence-electron chi connectivity index (χ4n) is 2.24. The van der Waals surface area contributed by atoms with Gasteiger partial charge in [-0.3, -0.25) is 9.97 Å². The molecular weight excluding hydrogens is 254 g/mol. The van der Waals surface area contributed by atoms with Gasteiger partial charge in [-0.05, 0) is 6.42 Å². The Morgan fingerprint density at radius 3 is 3.05 bits per heavy atom. The summed E-state index contributed by atoms with van der Waals surface area (Å²) in [4.78, 5) is 16.9. The van der Waals surface area contributed by atoms with Crippen molar-refractivity contribution >= 4 is 5.82 Å². The molecule has 1 saturated heterocycles. The Kier molecular flexibility index (Phi) is 4.13. The summed E-state index contributed by atoms with van der Waals surface area (Å²) < 4.78 is 5.39. The van der Waals surface area contributed by atoms with E-state index in [1.165, 1.54) is 0 Å². The van der Waals surface area contributed by atoms with Crippen LogP contribution in [0.3, 0.4) is 0 Å². The second-order valence-electron chi connectivity index (χ2n) is 4.76. The first-order valence-corrected chi connectivity index (χ1v) is 6.80. The van der Waals surface area contributed by atoms with Crippen molar-refractivity contribution in [2.24, 2.45) is 0 Å². The van der Waals surface area contributed by atoms with E-state index in [-0.39, 0.29) is 0 Å². The van der Waals surface area contributed by atoms with Crippen LogP contribution in [0.2, 0.25) is 0 Å². The highest BCUT2D eigenvalue weighted by atomic mass is 16.5. The maximum Gasteiger partial charge on any atom is 0.129 e. The van der Waals surface area contributed by atoms with E-state index in [0.717, 1.165) is 49.8 Å². The Bertz CT molecular complexity index is 542. The van der Waals surface area contributed by atoms with Crippen LogP contribution in [-0.4, -0.2) is 39.7 Å². The standard InChI is InChI=1S/C14H17N5O/c1(12-8-15-4-5-16-12)3-17-14-7-13(18-10-19-14)11-2-6-20-9-11/h4-5,7-8,10-11H,1-3,6,9H2,(H,17,18,19). The van der Waals surface area contributed by atoms with Gasteiger partial charge in [0.2, 0.25) is 0 Å². The van der Waals surface area contributed by atoms with Gasteiger partial charge in [0.05, 0.1) is 18.0 Å². The van der Waals surface area contributed by atoms with Gasteiger partial charge < -0.3 is 10.1 Å². The number of aromatic nitrogens is 4. The van der Waals surface area contributed by atoms with Crippen LogP contribution in [0, 0.1) is 0 Å². The SMILES string of the molecule is c1cnc(CCNc2cc(C3CCOC3)ncn2)cn1. The van der Waals surface area contributed by atoms with Crippen molar-refractivity contribution in [3.63, 3.8) is 0 Å². The van der Waals surface area contributed by atoms with Crippen LogP contribution in [0.5, 0.6) is 0 Å². The molecule has 0 aliphatic carbocycles. The van der Waals surface area contributed by atoms with Gasteiger partial charge in [-0.1, -0.05) is 0 Å². The van der Waals surface area contributed by atoms with Gasteiger partial charge in [0.25, 0.3) is 0 Å². The molecule has 1 atom stereocenters. The van der Waals surface area contributed by atoms with E-state index in [1.807, 2.05) is 6.07 Å². The van der Waals surface area contributed by atoms with E-state index in [1.54, 1.807) is 24.9 Å². The summed E-state index contributed by atoms with van der Waals surface area (Å²) in [6, 6.07) is 2.01. The number of hydrogen-bond acceptors (Lipinski definition) is 6. The van der Waals surface area contributed by atoms with Crippen LogP contribution in [0.1, 0.15) is 23.7 Å². The average molecular weight is 271 g/mol. The van der Waals surface area contributed by atoms with Crippen LogP contribution >= 0.6 is 0 Å². The molecule has 1 aliphatic heterocycles. The van der Waals surface area contributed by atoms with E-state index < -0.39 is 0 Å². The van der Waals surface area contributed by atoms with E-state index in [9.17, 15) is 0 Å². The molecule has 1 aliphatic rings. The Morgan fingerprint density at radius 1 is 1.25 bits per heavy atom. The second-order valence-corrected chi connectivity index (χ2v) is 4.76. The third-order valence-electron chi connectivity index (χ3n) is 3.34. The van der Waals surface area contributed by atoms with Crippen LogP contribution in [0.4, 0.5) is 5.82 Å². The smallest absolute Gasteiger partial charge is 0.129 e. The summed E-state index contributed by atoms with van der Waals surface area (Å²) >= 11 is 0. The highest BCUT2D eigenvalue weighted by Gasteiger charge is 2.19. The summed E-state index contributed by atoms with van der Waals surface area (Å²) in [5.41, 5.74) is 2.03. The molecule has 1 unspecified atom stereocenters. The summed E-state index contributed by atoms with van der Waals surface area (Å²) in [6.45, 7) is 2.36. The number of hydrogen-bond donors (Lipinski definition) is 1. The normalized spacial score (nSPS) is 18.1. The van der Waals surface area contributed by atoms with Crippen molar-refractivity contribution in [3.8, 4) is 0 Å². The molecule has 6 nitrogen and oxygen atoms in total. The predicted molar refractivity (Wildman–Crippen MR) is 74.4 cm³/mol. The zero-order chi connectivity index (χ0) is 13.6. The van der Waals surface area contributed by atoms with Crippen molar-refractivity contribution in [2.45, 2.75) is 18.8 Å². The zero-order valence-corrected chi connectivity index (χ0v) is 11.2. The third kappa shape index (κ3) is 3.27. The molecule has 20 heavy (non-hydrogen) atoms. The van der Waals surface area contributed by atoms with Crippen molar-refractivity contribution in [1.29, 1.82) is 0 Å². The van der Waals surface area contributed by atoms with Crippen molar-refractivity contribution in [3.05, 3.63) is 42.4 Å². The van der Waals surface area contributed by atoms with Crippen LogP contribution in [0.25, 0.3) is 0 Å². The molecular formula is C14H17N5O. The molecule has 0 saturated carbocycles. The van der Waals surface area contributed by atoms with Crippen molar-refractivity contribution < 1.29 is 4.74 Å². The first-order chi connectivity index (χ1) is 9.92. The molecule has 1 N–H and O–H groups in total. The molecule has 104 valence electrons. The van der Waals surface area contributed by atoms with Gasteiger partial charge in [-0.15, -0.1) is 0 Å². The molecule has 0 radical (unpaired) electrons. The monoisotopic (exact) mass is 271 g/mol. The first-order valence-electron chi connectivity index (χ1n) is 6.80. The van der Waals surface area contributed by atoms with Gasteiger partial charge in [-0.2, -0.15) is 0 Å². The van der Waals surface area contributed by atoms with Gasteiger partial charge >= 0.3 is 0 Å². The number of rotatable bonds is 5. The average Bonchev–Trinajstić information content (AvgIpc) is 3.03. The number of nitrogens with one attached hydrogen (secondary N) is 1. The topological polar surface area (TPSA) is 72.8 Å². The Morgan fingerprint density at radius 2 is 2.25 bits per heavy atom. The highest BCUT2D eigenvalue weighted by molar-refractivity contribution is 5.36. The van der Waals surface area contributed by atoms with Crippen LogP contribution < -0.4 is 5.32 Å². The van der Waals surface area contributed by atoms with Crippen LogP contribution in [0.15, 0.2) is 31.0 Å². The number of ether oxygens (including phenoxy) is 1. The Balaban J connectivity index is 1.56. The summed E-state index contributed by atoms with van der Waals surface area (Å²) in [6.07, 6.45) is 8.63. The maximum atomic E-state index is 5.39. The Labute approximate surface area is 117 Å². The first kappa shape index (κ1) is 12.9. The molecule has 0 aromatic carbocycles. The fraction of sp³-hybridized carbons (Fsp3) is 0.429. The molecule has 0 spiro atoms. The summed E-state index contributed by atoms with van der Waals surface area (Å²) in [5, 5.41) is 3.30. The third-order valence-corrected chi connectivity index (χ3v) is 3.34. The molecule has 2 aromatic heterocycles. The second kappa shape index (κ2) is 6.38. The molecule has 1 fully saturated rings.